The fourth-order valence-electron chi connectivity index (χ4n) is 2.38. The largest absolute Gasteiger partial charge is 0.490 e. The average molecular weight is 313 g/mol. The van der Waals surface area contributed by atoms with E-state index in [9.17, 15) is 13.8 Å². The van der Waals surface area contributed by atoms with Crippen molar-refractivity contribution in [1.82, 2.24) is 4.90 Å². The van der Waals surface area contributed by atoms with Gasteiger partial charge in [0.05, 0.1) is 12.4 Å². The smallest absolute Gasteiger partial charge is 0.289 e. The highest BCUT2D eigenvalue weighted by Gasteiger charge is 2.33. The third kappa shape index (κ3) is 3.18. The number of carbonyl (C=O) groups is 1. The van der Waals surface area contributed by atoms with Crippen LogP contribution in [0.1, 0.15) is 30.8 Å². The summed E-state index contributed by atoms with van der Waals surface area (Å²) in [6.45, 7) is 4.64. The highest BCUT2D eigenvalue weighted by atomic mass is 32.2. The molecule has 7 heteroatoms. The maximum Gasteiger partial charge on any atom is 0.289 e. The van der Waals surface area contributed by atoms with Gasteiger partial charge in [-0.1, -0.05) is 6.92 Å². The van der Waals surface area contributed by atoms with E-state index in [0.717, 1.165) is 18.8 Å². The van der Waals surface area contributed by atoms with E-state index in [1.54, 1.807) is 4.90 Å². The number of carbonyl (C=O) groups excluding carboxylic acids is 1. The van der Waals surface area contributed by atoms with Crippen LogP contribution in [-0.4, -0.2) is 45.7 Å². The summed E-state index contributed by atoms with van der Waals surface area (Å²) >= 11 is 0. The molecular formula is C14H19NO5S. The maximum absolute atomic E-state index is 12.4. The lowest BCUT2D eigenvalue weighted by Gasteiger charge is -2.35. The number of ether oxygens (including phenoxy) is 1. The lowest BCUT2D eigenvalue weighted by molar-refractivity contribution is 0.0713. The minimum absolute atomic E-state index is 0.0180. The van der Waals surface area contributed by atoms with E-state index in [2.05, 4.69) is 0 Å². The van der Waals surface area contributed by atoms with E-state index in [1.165, 1.54) is 7.11 Å². The topological polar surface area (TPSA) is 76.8 Å². The van der Waals surface area contributed by atoms with Gasteiger partial charge in [0.25, 0.3) is 5.91 Å². The van der Waals surface area contributed by atoms with Gasteiger partial charge in [-0.25, -0.2) is 0 Å². The van der Waals surface area contributed by atoms with Crippen LogP contribution in [0.25, 0.3) is 0 Å². The molecule has 6 nitrogen and oxygen atoms in total. The van der Waals surface area contributed by atoms with Gasteiger partial charge in [0, 0.05) is 35.2 Å². The van der Waals surface area contributed by atoms with E-state index in [4.69, 9.17) is 9.15 Å². The molecule has 0 bridgehead atoms. The second-order valence-corrected chi connectivity index (χ2v) is 7.18. The van der Waals surface area contributed by atoms with E-state index < -0.39 is 16.2 Å². The monoisotopic (exact) mass is 313 g/mol. The highest BCUT2D eigenvalue weighted by molar-refractivity contribution is 7.86. The third-order valence-electron chi connectivity index (χ3n) is 3.60. The van der Waals surface area contributed by atoms with Crippen molar-refractivity contribution in [3.05, 3.63) is 28.3 Å². The molecular weight excluding hydrogens is 294 g/mol. The van der Waals surface area contributed by atoms with Gasteiger partial charge in [0.2, 0.25) is 11.2 Å². The molecule has 1 amide bonds. The van der Waals surface area contributed by atoms with E-state index >= 15 is 0 Å². The number of methoxy groups -OCH3 is 1. The molecule has 0 aromatic carbocycles. The zero-order chi connectivity index (χ0) is 15.6. The summed E-state index contributed by atoms with van der Waals surface area (Å²) < 4.78 is 22.1. The Morgan fingerprint density at radius 1 is 1.52 bits per heavy atom. The van der Waals surface area contributed by atoms with Crippen molar-refractivity contribution < 1.29 is 18.2 Å². The van der Waals surface area contributed by atoms with Gasteiger partial charge in [-0.15, -0.1) is 0 Å². The Kier molecular flexibility index (Phi) is 4.82. The first kappa shape index (κ1) is 15.8. The zero-order valence-corrected chi connectivity index (χ0v) is 13.1. The molecule has 2 heterocycles. The van der Waals surface area contributed by atoms with Crippen LogP contribution < -0.4 is 10.2 Å². The molecule has 1 saturated heterocycles. The predicted octanol–water partition coefficient (Wildman–Crippen LogP) is 1.02. The fourth-order valence-corrected chi connectivity index (χ4v) is 4.02. The first-order chi connectivity index (χ1) is 9.97. The Morgan fingerprint density at radius 2 is 2.24 bits per heavy atom. The minimum atomic E-state index is -0.932. The summed E-state index contributed by atoms with van der Waals surface area (Å²) in [5.74, 6) is -0.307. The Balaban J connectivity index is 2.22. The van der Waals surface area contributed by atoms with Gasteiger partial charge < -0.3 is 14.1 Å². The third-order valence-corrected chi connectivity index (χ3v) is 5.68. The predicted molar refractivity (Wildman–Crippen MR) is 79.1 cm³/mol. The van der Waals surface area contributed by atoms with E-state index in [0.29, 0.717) is 13.1 Å². The molecule has 1 aliphatic rings. The lowest BCUT2D eigenvalue weighted by atomic mass is 10.2. The number of nitrogens with zero attached hydrogens (tertiary/aromatic N) is 1. The normalized spacial score (nSPS) is 25.7. The molecule has 1 aromatic heterocycles. The SMILES string of the molecule is CCC1CN(C(=O)c2cc(=O)c(OC)co2)CC(C)S1=O. The van der Waals surface area contributed by atoms with E-state index in [-0.39, 0.29) is 27.9 Å². The molecule has 0 aliphatic carbocycles. The second kappa shape index (κ2) is 6.43. The summed E-state index contributed by atoms with van der Waals surface area (Å²) in [6.07, 6.45) is 1.88. The quantitative estimate of drug-likeness (QED) is 0.832. The van der Waals surface area contributed by atoms with Crippen LogP contribution in [0.3, 0.4) is 0 Å². The van der Waals surface area contributed by atoms with Crippen LogP contribution in [0.15, 0.2) is 21.5 Å². The Morgan fingerprint density at radius 3 is 2.81 bits per heavy atom. The van der Waals surface area contributed by atoms with Crippen LogP contribution in [0.4, 0.5) is 0 Å². The molecule has 0 saturated carbocycles. The van der Waals surface area contributed by atoms with Crippen molar-refractivity contribution in [3.8, 4) is 5.75 Å². The average Bonchev–Trinajstić information content (AvgIpc) is 2.49. The molecule has 1 aliphatic heterocycles. The number of hydrogen-bond acceptors (Lipinski definition) is 5. The Bertz CT molecular complexity index is 612. The molecule has 0 N–H and O–H groups in total. The molecule has 2 rings (SSSR count). The Labute approximate surface area is 125 Å². The van der Waals surface area contributed by atoms with E-state index in [1.807, 2.05) is 13.8 Å². The molecule has 1 aromatic rings. The van der Waals surface area contributed by atoms with Crippen molar-refractivity contribution in [2.24, 2.45) is 0 Å². The van der Waals surface area contributed by atoms with Gasteiger partial charge in [-0.2, -0.15) is 0 Å². The van der Waals surface area contributed by atoms with Crippen LogP contribution in [0, 0.1) is 0 Å². The molecule has 3 unspecified atom stereocenters. The van der Waals surface area contributed by atoms with Gasteiger partial charge in [0.1, 0.15) is 6.26 Å². The number of amides is 1. The second-order valence-electron chi connectivity index (χ2n) is 5.06. The standard InChI is InChI=1S/C14H19NO5S/c1-4-10-7-15(6-9(2)21(10)18)14(17)12-5-11(16)13(19-3)8-20-12/h5,8-10H,4,6-7H2,1-3H3. The van der Waals surface area contributed by atoms with Gasteiger partial charge >= 0.3 is 0 Å². The van der Waals surface area contributed by atoms with Crippen molar-refractivity contribution in [1.29, 1.82) is 0 Å². The van der Waals surface area contributed by atoms with Crippen LogP contribution in [0.5, 0.6) is 5.75 Å². The molecule has 3 atom stereocenters. The van der Waals surface area contributed by atoms with Crippen molar-refractivity contribution in [2.45, 2.75) is 30.8 Å². The fraction of sp³-hybridized carbons (Fsp3) is 0.571. The molecule has 1 fully saturated rings. The van der Waals surface area contributed by atoms with Crippen molar-refractivity contribution >= 4 is 16.7 Å². The van der Waals surface area contributed by atoms with Crippen molar-refractivity contribution in [2.75, 3.05) is 20.2 Å². The summed E-state index contributed by atoms with van der Waals surface area (Å²) in [4.78, 5) is 25.7. The first-order valence-electron chi connectivity index (χ1n) is 6.83. The summed E-state index contributed by atoms with van der Waals surface area (Å²) in [5, 5.41) is -0.125. The Hall–Kier alpha value is -1.63. The molecule has 21 heavy (non-hydrogen) atoms. The summed E-state index contributed by atoms with van der Waals surface area (Å²) in [7, 11) is 0.430. The lowest BCUT2D eigenvalue weighted by Crippen LogP contribution is -2.50. The number of rotatable bonds is 3. The molecule has 0 radical (unpaired) electrons. The molecule has 116 valence electrons. The van der Waals surface area contributed by atoms with Gasteiger partial charge in [-0.05, 0) is 13.3 Å². The van der Waals surface area contributed by atoms with Crippen LogP contribution >= 0.6 is 0 Å². The zero-order valence-electron chi connectivity index (χ0n) is 12.3. The summed E-state index contributed by atoms with van der Waals surface area (Å²) in [6, 6.07) is 1.14. The van der Waals surface area contributed by atoms with Crippen LogP contribution in [0.2, 0.25) is 0 Å². The van der Waals surface area contributed by atoms with Crippen LogP contribution in [-0.2, 0) is 10.8 Å². The van der Waals surface area contributed by atoms with Gasteiger partial charge in [0.15, 0.2) is 5.76 Å². The first-order valence-corrected chi connectivity index (χ1v) is 8.11. The molecule has 0 spiro atoms. The highest BCUT2D eigenvalue weighted by Crippen LogP contribution is 2.19. The maximum atomic E-state index is 12.4. The summed E-state index contributed by atoms with van der Waals surface area (Å²) in [5.41, 5.74) is -0.396. The van der Waals surface area contributed by atoms with Gasteiger partial charge in [-0.3, -0.25) is 13.8 Å². The minimum Gasteiger partial charge on any atom is -0.490 e. The van der Waals surface area contributed by atoms with Crippen molar-refractivity contribution in [3.63, 3.8) is 0 Å². The number of hydrogen-bond donors (Lipinski definition) is 0.